The summed E-state index contributed by atoms with van der Waals surface area (Å²) in [5.41, 5.74) is 0. The van der Waals surface area contributed by atoms with Crippen LogP contribution in [0.5, 0.6) is 5.75 Å². The standard InChI is InChI=1S/C15H21Cl2NO3/c16-14-4-3-13(7-15(14)17)21-10-12(19)8-18-5-6-20-9-11-1-2-11/h3-4,7,11-12,18-19H,1-2,5-6,8-10H2. The van der Waals surface area contributed by atoms with E-state index >= 15 is 0 Å². The molecule has 2 N–H and O–H groups in total. The number of aliphatic hydroxyl groups is 1. The molecule has 1 fully saturated rings. The number of benzene rings is 1. The van der Waals surface area contributed by atoms with Gasteiger partial charge in [-0.3, -0.25) is 0 Å². The number of rotatable bonds is 10. The molecule has 2 rings (SSSR count). The SMILES string of the molecule is OC(CNCCOCC1CC1)COc1ccc(Cl)c(Cl)c1. The molecule has 4 nitrogen and oxygen atoms in total. The van der Waals surface area contributed by atoms with Gasteiger partial charge in [0, 0.05) is 25.8 Å². The van der Waals surface area contributed by atoms with Crippen LogP contribution in [0.1, 0.15) is 12.8 Å². The van der Waals surface area contributed by atoms with Gasteiger partial charge >= 0.3 is 0 Å². The summed E-state index contributed by atoms with van der Waals surface area (Å²) in [4.78, 5) is 0. The third-order valence-corrected chi connectivity index (χ3v) is 3.93. The largest absolute Gasteiger partial charge is 0.491 e. The molecule has 0 aliphatic heterocycles. The van der Waals surface area contributed by atoms with E-state index in [9.17, 15) is 5.11 Å². The molecule has 0 spiro atoms. The van der Waals surface area contributed by atoms with Crippen LogP contribution in [0.2, 0.25) is 10.0 Å². The second kappa shape index (κ2) is 8.81. The predicted molar refractivity (Wildman–Crippen MR) is 84.4 cm³/mol. The lowest BCUT2D eigenvalue weighted by Gasteiger charge is -2.13. The first-order valence-electron chi connectivity index (χ1n) is 7.19. The summed E-state index contributed by atoms with van der Waals surface area (Å²) in [6, 6.07) is 5.02. The van der Waals surface area contributed by atoms with Crippen LogP contribution in [0.3, 0.4) is 0 Å². The number of hydrogen-bond acceptors (Lipinski definition) is 4. The minimum Gasteiger partial charge on any atom is -0.491 e. The van der Waals surface area contributed by atoms with E-state index in [0.717, 1.165) is 19.1 Å². The summed E-state index contributed by atoms with van der Waals surface area (Å²) in [6.45, 7) is 2.94. The summed E-state index contributed by atoms with van der Waals surface area (Å²) in [7, 11) is 0. The molecule has 1 aromatic carbocycles. The minimum absolute atomic E-state index is 0.202. The van der Waals surface area contributed by atoms with Crippen molar-refractivity contribution >= 4 is 23.2 Å². The van der Waals surface area contributed by atoms with E-state index in [0.29, 0.717) is 28.9 Å². The molecule has 1 aliphatic rings. The second-order valence-corrected chi connectivity index (χ2v) is 6.08. The van der Waals surface area contributed by atoms with E-state index in [-0.39, 0.29) is 6.61 Å². The number of halogens is 2. The van der Waals surface area contributed by atoms with Gasteiger partial charge in [0.1, 0.15) is 18.5 Å². The van der Waals surface area contributed by atoms with Gasteiger partial charge in [0.15, 0.2) is 0 Å². The van der Waals surface area contributed by atoms with E-state index in [1.54, 1.807) is 18.2 Å². The van der Waals surface area contributed by atoms with Crippen LogP contribution in [0, 0.1) is 5.92 Å². The van der Waals surface area contributed by atoms with Gasteiger partial charge in [0.2, 0.25) is 0 Å². The first-order chi connectivity index (χ1) is 10.1. The molecule has 0 amide bonds. The zero-order valence-electron chi connectivity index (χ0n) is 11.9. The number of ether oxygens (including phenoxy) is 2. The molecule has 21 heavy (non-hydrogen) atoms. The van der Waals surface area contributed by atoms with Gasteiger partial charge in [-0.25, -0.2) is 0 Å². The lowest BCUT2D eigenvalue weighted by molar-refractivity contribution is 0.0968. The highest BCUT2D eigenvalue weighted by Gasteiger charge is 2.20. The lowest BCUT2D eigenvalue weighted by atomic mass is 10.3. The number of nitrogens with one attached hydrogen (secondary N) is 1. The summed E-state index contributed by atoms with van der Waals surface area (Å²) in [5, 5.41) is 13.9. The van der Waals surface area contributed by atoms with Gasteiger partial charge in [-0.1, -0.05) is 23.2 Å². The maximum atomic E-state index is 9.80. The fourth-order valence-corrected chi connectivity index (χ4v) is 2.05. The van der Waals surface area contributed by atoms with E-state index in [4.69, 9.17) is 32.7 Å². The van der Waals surface area contributed by atoms with E-state index in [2.05, 4.69) is 5.32 Å². The fraction of sp³-hybridized carbons (Fsp3) is 0.600. The second-order valence-electron chi connectivity index (χ2n) is 5.26. The third-order valence-electron chi connectivity index (χ3n) is 3.19. The van der Waals surface area contributed by atoms with Crippen molar-refractivity contribution in [3.05, 3.63) is 28.2 Å². The highest BCUT2D eigenvalue weighted by atomic mass is 35.5. The molecule has 0 saturated heterocycles. The summed E-state index contributed by atoms with van der Waals surface area (Å²) >= 11 is 11.7. The highest BCUT2D eigenvalue weighted by Crippen LogP contribution is 2.28. The summed E-state index contributed by atoms with van der Waals surface area (Å²) in [5.74, 6) is 1.38. The van der Waals surface area contributed by atoms with Crippen molar-refractivity contribution in [1.29, 1.82) is 0 Å². The smallest absolute Gasteiger partial charge is 0.121 e. The molecule has 1 saturated carbocycles. The Morgan fingerprint density at radius 1 is 1.29 bits per heavy atom. The van der Waals surface area contributed by atoms with Crippen molar-refractivity contribution in [3.8, 4) is 5.75 Å². The van der Waals surface area contributed by atoms with Gasteiger partial charge in [-0.05, 0) is 30.9 Å². The fourth-order valence-electron chi connectivity index (χ4n) is 1.77. The monoisotopic (exact) mass is 333 g/mol. The van der Waals surface area contributed by atoms with Crippen molar-refractivity contribution in [2.24, 2.45) is 5.92 Å². The summed E-state index contributed by atoms with van der Waals surface area (Å²) in [6.07, 6.45) is 2.03. The maximum absolute atomic E-state index is 9.80. The van der Waals surface area contributed by atoms with E-state index in [1.165, 1.54) is 12.8 Å². The molecule has 0 radical (unpaired) electrons. The first-order valence-corrected chi connectivity index (χ1v) is 7.95. The van der Waals surface area contributed by atoms with Crippen LogP contribution in [-0.4, -0.2) is 44.1 Å². The van der Waals surface area contributed by atoms with Crippen molar-refractivity contribution in [2.45, 2.75) is 18.9 Å². The summed E-state index contributed by atoms with van der Waals surface area (Å²) < 4.78 is 10.9. The molecule has 0 bridgehead atoms. The van der Waals surface area contributed by atoms with Crippen molar-refractivity contribution < 1.29 is 14.6 Å². The Labute approximate surface area is 135 Å². The Morgan fingerprint density at radius 3 is 2.81 bits per heavy atom. The quantitative estimate of drug-likeness (QED) is 0.646. The predicted octanol–water partition coefficient (Wildman–Crippen LogP) is 2.75. The molecule has 1 unspecified atom stereocenters. The first kappa shape index (κ1) is 16.8. The van der Waals surface area contributed by atoms with Crippen molar-refractivity contribution in [2.75, 3.05) is 32.9 Å². The Morgan fingerprint density at radius 2 is 2.10 bits per heavy atom. The lowest BCUT2D eigenvalue weighted by Crippen LogP contribution is -2.33. The van der Waals surface area contributed by atoms with Crippen molar-refractivity contribution in [3.63, 3.8) is 0 Å². The van der Waals surface area contributed by atoms with Gasteiger partial charge in [-0.15, -0.1) is 0 Å². The maximum Gasteiger partial charge on any atom is 0.121 e. The molecular formula is C15H21Cl2NO3. The van der Waals surface area contributed by atoms with E-state index in [1.807, 2.05) is 0 Å². The van der Waals surface area contributed by atoms with Crippen LogP contribution < -0.4 is 10.1 Å². The molecule has 6 heteroatoms. The van der Waals surface area contributed by atoms with Gasteiger partial charge in [0.05, 0.1) is 16.7 Å². The third kappa shape index (κ3) is 6.85. The Bertz CT molecular complexity index is 441. The molecular weight excluding hydrogens is 313 g/mol. The van der Waals surface area contributed by atoms with Crippen LogP contribution in [0.25, 0.3) is 0 Å². The minimum atomic E-state index is -0.581. The Hall–Kier alpha value is -0.520. The Balaban J connectivity index is 1.51. The van der Waals surface area contributed by atoms with Gasteiger partial charge < -0.3 is 19.9 Å². The Kier molecular flexibility index (Phi) is 7.07. The topological polar surface area (TPSA) is 50.7 Å². The van der Waals surface area contributed by atoms with Crippen LogP contribution in [-0.2, 0) is 4.74 Å². The van der Waals surface area contributed by atoms with Gasteiger partial charge in [-0.2, -0.15) is 0 Å². The molecule has 1 atom stereocenters. The zero-order chi connectivity index (χ0) is 15.1. The average Bonchev–Trinajstić information content (AvgIpc) is 3.28. The highest BCUT2D eigenvalue weighted by molar-refractivity contribution is 6.42. The van der Waals surface area contributed by atoms with Crippen LogP contribution in [0.4, 0.5) is 0 Å². The molecule has 0 heterocycles. The normalized spacial score (nSPS) is 16.0. The molecule has 0 aromatic heterocycles. The van der Waals surface area contributed by atoms with Crippen LogP contribution >= 0.6 is 23.2 Å². The van der Waals surface area contributed by atoms with Crippen LogP contribution in [0.15, 0.2) is 18.2 Å². The molecule has 1 aromatic rings. The molecule has 1 aliphatic carbocycles. The van der Waals surface area contributed by atoms with E-state index < -0.39 is 6.10 Å². The molecule has 118 valence electrons. The zero-order valence-corrected chi connectivity index (χ0v) is 13.4. The van der Waals surface area contributed by atoms with Crippen molar-refractivity contribution in [1.82, 2.24) is 5.32 Å². The average molecular weight is 334 g/mol. The van der Waals surface area contributed by atoms with Gasteiger partial charge in [0.25, 0.3) is 0 Å². The number of hydrogen-bond donors (Lipinski definition) is 2. The number of aliphatic hydroxyl groups excluding tert-OH is 1.